The molecule has 21 heavy (non-hydrogen) atoms. The van der Waals surface area contributed by atoms with Crippen molar-refractivity contribution in [3.05, 3.63) is 68.7 Å². The van der Waals surface area contributed by atoms with Crippen LogP contribution in [0.5, 0.6) is 0 Å². The van der Waals surface area contributed by atoms with Gasteiger partial charge in [0.2, 0.25) is 0 Å². The fourth-order valence-electron chi connectivity index (χ4n) is 2.28. The monoisotopic (exact) mass is 390 g/mol. The lowest BCUT2D eigenvalue weighted by atomic mass is 10.00. The lowest BCUT2D eigenvalue weighted by Crippen LogP contribution is -2.04. The molecule has 1 aromatic heterocycles. The molecule has 0 bridgehead atoms. The number of aromatic nitrogens is 1. The molecule has 0 aliphatic heterocycles. The smallest absolute Gasteiger partial charge is 0.196 e. The number of nitriles is 1. The number of benzene rings is 2. The zero-order valence-corrected chi connectivity index (χ0v) is 12.8. The van der Waals surface area contributed by atoms with Crippen LogP contribution < -0.4 is 0 Å². The van der Waals surface area contributed by atoms with Crippen LogP contribution in [0.1, 0.15) is 21.5 Å². The summed E-state index contributed by atoms with van der Waals surface area (Å²) in [5.41, 5.74) is 2.01. The third-order valence-corrected chi connectivity index (χ3v) is 4.14. The Labute approximate surface area is 133 Å². The summed E-state index contributed by atoms with van der Waals surface area (Å²) in [5, 5.41) is 9.80. The number of nitrogens with zero attached hydrogens (tertiary/aromatic N) is 1. The van der Waals surface area contributed by atoms with Gasteiger partial charge in [0.1, 0.15) is 5.82 Å². The quantitative estimate of drug-likeness (QED) is 0.531. The number of nitrogens with one attached hydrogen (secondary N) is 1. The first-order valence-electron chi connectivity index (χ1n) is 6.12. The summed E-state index contributed by atoms with van der Waals surface area (Å²) >= 11 is 1.93. The van der Waals surface area contributed by atoms with E-state index in [1.165, 1.54) is 18.2 Å². The van der Waals surface area contributed by atoms with Gasteiger partial charge in [0.15, 0.2) is 5.78 Å². The van der Waals surface area contributed by atoms with Crippen molar-refractivity contribution >= 4 is 39.3 Å². The van der Waals surface area contributed by atoms with Crippen LogP contribution in [-0.2, 0) is 0 Å². The predicted octanol–water partition coefficient (Wildman–Crippen LogP) is 4.01. The highest BCUT2D eigenvalue weighted by atomic mass is 127. The van der Waals surface area contributed by atoms with Gasteiger partial charge < -0.3 is 4.98 Å². The van der Waals surface area contributed by atoms with E-state index in [4.69, 9.17) is 0 Å². The van der Waals surface area contributed by atoms with Crippen molar-refractivity contribution in [2.45, 2.75) is 0 Å². The van der Waals surface area contributed by atoms with Crippen molar-refractivity contribution in [1.29, 1.82) is 5.26 Å². The minimum atomic E-state index is -0.382. The summed E-state index contributed by atoms with van der Waals surface area (Å²) in [6, 6.07) is 11.4. The molecular weight excluding hydrogens is 382 g/mol. The molecule has 0 fully saturated rings. The maximum Gasteiger partial charge on any atom is 0.196 e. The van der Waals surface area contributed by atoms with E-state index < -0.39 is 0 Å². The topological polar surface area (TPSA) is 56.6 Å². The molecule has 3 nitrogen and oxygen atoms in total. The first-order chi connectivity index (χ1) is 10.1. The van der Waals surface area contributed by atoms with Gasteiger partial charge in [-0.25, -0.2) is 4.39 Å². The minimum Gasteiger partial charge on any atom is -0.360 e. The molecule has 0 aliphatic carbocycles. The summed E-state index contributed by atoms with van der Waals surface area (Å²) < 4.78 is 13.7. The SMILES string of the molecule is N#Cc1cccc2[nH]cc(C(=O)c3ccc(F)cc3I)c12. The number of H-pyrrole nitrogens is 1. The Morgan fingerprint density at radius 2 is 2.05 bits per heavy atom. The Kier molecular flexibility index (Phi) is 3.47. The number of fused-ring (bicyclic) bond motifs is 1. The van der Waals surface area contributed by atoms with Crippen LogP contribution >= 0.6 is 22.6 Å². The van der Waals surface area contributed by atoms with Gasteiger partial charge in [-0.2, -0.15) is 5.26 Å². The molecule has 0 saturated carbocycles. The van der Waals surface area contributed by atoms with E-state index in [2.05, 4.69) is 11.1 Å². The first-order valence-corrected chi connectivity index (χ1v) is 7.19. The van der Waals surface area contributed by atoms with Gasteiger partial charge in [-0.05, 0) is 52.9 Å². The maximum absolute atomic E-state index is 13.2. The number of halogens is 2. The Morgan fingerprint density at radius 1 is 1.24 bits per heavy atom. The molecule has 1 heterocycles. The van der Waals surface area contributed by atoms with Crippen molar-refractivity contribution in [2.75, 3.05) is 0 Å². The van der Waals surface area contributed by atoms with E-state index in [1.54, 1.807) is 18.3 Å². The van der Waals surface area contributed by atoms with Crippen molar-refractivity contribution in [2.24, 2.45) is 0 Å². The first kappa shape index (κ1) is 13.8. The number of carbonyl (C=O) groups excluding carboxylic acids is 1. The molecule has 0 unspecified atom stereocenters. The molecule has 0 radical (unpaired) electrons. The number of rotatable bonds is 2. The molecule has 0 atom stereocenters. The van der Waals surface area contributed by atoms with Crippen molar-refractivity contribution < 1.29 is 9.18 Å². The van der Waals surface area contributed by atoms with Crippen LogP contribution in [0.4, 0.5) is 4.39 Å². The second-order valence-corrected chi connectivity index (χ2v) is 5.66. The van der Waals surface area contributed by atoms with Gasteiger partial charge in [0.05, 0.1) is 11.6 Å². The van der Waals surface area contributed by atoms with Gasteiger partial charge in [-0.15, -0.1) is 0 Å². The minimum absolute atomic E-state index is 0.228. The Balaban J connectivity index is 2.21. The molecule has 0 aliphatic rings. The normalized spacial score (nSPS) is 10.5. The summed E-state index contributed by atoms with van der Waals surface area (Å²) in [5.74, 6) is -0.610. The number of aromatic amines is 1. The molecule has 0 spiro atoms. The van der Waals surface area contributed by atoms with Crippen molar-refractivity contribution in [1.82, 2.24) is 4.98 Å². The zero-order chi connectivity index (χ0) is 15.0. The van der Waals surface area contributed by atoms with E-state index >= 15 is 0 Å². The van der Waals surface area contributed by atoms with Gasteiger partial charge in [-0.1, -0.05) is 6.07 Å². The fraction of sp³-hybridized carbons (Fsp3) is 0. The van der Waals surface area contributed by atoms with Gasteiger partial charge in [0, 0.05) is 31.8 Å². The van der Waals surface area contributed by atoms with Crippen molar-refractivity contribution in [3.63, 3.8) is 0 Å². The largest absolute Gasteiger partial charge is 0.360 e. The van der Waals surface area contributed by atoms with Crippen LogP contribution in [-0.4, -0.2) is 10.8 Å². The fourth-order valence-corrected chi connectivity index (χ4v) is 3.00. The summed E-state index contributed by atoms with van der Waals surface area (Å²) in [6.45, 7) is 0. The van der Waals surface area contributed by atoms with Crippen LogP contribution in [0.15, 0.2) is 42.6 Å². The lowest BCUT2D eigenvalue weighted by molar-refractivity contribution is 0.103. The van der Waals surface area contributed by atoms with E-state index in [0.29, 0.717) is 25.6 Å². The lowest BCUT2D eigenvalue weighted by Gasteiger charge is -2.04. The maximum atomic E-state index is 13.2. The summed E-state index contributed by atoms with van der Waals surface area (Å²) in [6.07, 6.45) is 1.59. The Bertz CT molecular complexity index is 908. The average molecular weight is 390 g/mol. The molecule has 102 valence electrons. The molecular formula is C16H8FIN2O. The molecule has 0 saturated heterocycles. The van der Waals surface area contributed by atoms with Gasteiger partial charge in [-0.3, -0.25) is 4.79 Å². The molecule has 0 amide bonds. The molecule has 1 N–H and O–H groups in total. The van der Waals surface area contributed by atoms with Crippen LogP contribution in [0.3, 0.4) is 0 Å². The van der Waals surface area contributed by atoms with Crippen LogP contribution in [0, 0.1) is 20.7 Å². The zero-order valence-electron chi connectivity index (χ0n) is 10.7. The molecule has 3 aromatic rings. The highest BCUT2D eigenvalue weighted by Gasteiger charge is 2.18. The predicted molar refractivity (Wildman–Crippen MR) is 85.6 cm³/mol. The van der Waals surface area contributed by atoms with Crippen LogP contribution in [0.2, 0.25) is 0 Å². The Hall–Kier alpha value is -2.20. The van der Waals surface area contributed by atoms with Gasteiger partial charge >= 0.3 is 0 Å². The van der Waals surface area contributed by atoms with E-state index in [9.17, 15) is 14.4 Å². The number of hydrogen-bond donors (Lipinski definition) is 1. The third kappa shape index (κ3) is 2.32. The van der Waals surface area contributed by atoms with E-state index in [0.717, 1.165) is 5.52 Å². The highest BCUT2D eigenvalue weighted by molar-refractivity contribution is 14.1. The van der Waals surface area contributed by atoms with Crippen LogP contribution in [0.25, 0.3) is 10.9 Å². The second-order valence-electron chi connectivity index (χ2n) is 4.50. The second kappa shape index (κ2) is 5.30. The van der Waals surface area contributed by atoms with Gasteiger partial charge in [0.25, 0.3) is 0 Å². The van der Waals surface area contributed by atoms with E-state index in [1.807, 2.05) is 28.7 Å². The summed E-state index contributed by atoms with van der Waals surface area (Å²) in [7, 11) is 0. The average Bonchev–Trinajstić information content (AvgIpc) is 2.90. The molecule has 5 heteroatoms. The van der Waals surface area contributed by atoms with E-state index in [-0.39, 0.29) is 11.6 Å². The number of ketones is 1. The third-order valence-electron chi connectivity index (χ3n) is 3.25. The number of carbonyl (C=O) groups is 1. The molecule has 3 rings (SSSR count). The molecule has 2 aromatic carbocycles. The van der Waals surface area contributed by atoms with Crippen molar-refractivity contribution in [3.8, 4) is 6.07 Å². The number of hydrogen-bond acceptors (Lipinski definition) is 2. The Morgan fingerprint density at radius 3 is 2.76 bits per heavy atom. The standard InChI is InChI=1S/C16H8FIN2O/c17-10-4-5-11(13(18)6-10)16(21)12-8-20-14-3-1-2-9(7-19)15(12)14/h1-6,8,20H. The highest BCUT2D eigenvalue weighted by Crippen LogP contribution is 2.26. The summed E-state index contributed by atoms with van der Waals surface area (Å²) in [4.78, 5) is 15.7.